The van der Waals surface area contributed by atoms with Crippen LogP contribution in [0.1, 0.15) is 54.1 Å². The zero-order valence-corrected chi connectivity index (χ0v) is 23.8. The molecule has 0 fully saturated rings. The molecule has 0 radical (unpaired) electrons. The van der Waals surface area contributed by atoms with E-state index in [9.17, 15) is 46.1 Å². The Morgan fingerprint density at radius 2 is 1.02 bits per heavy atom. The molecule has 0 heterocycles. The molecule has 4 aromatic carbocycles. The van der Waals surface area contributed by atoms with Crippen LogP contribution in [0.15, 0.2) is 72.8 Å². The molecule has 2 atom stereocenters. The number of aliphatic hydroxyl groups is 2. The number of carbonyl (C=O) groups is 2. The van der Waals surface area contributed by atoms with E-state index in [4.69, 9.17) is 5.11 Å². The fourth-order valence-corrected chi connectivity index (χ4v) is 6.15. The molecule has 0 aromatic heterocycles. The second kappa shape index (κ2) is 10.5. The van der Waals surface area contributed by atoms with E-state index in [0.717, 1.165) is 19.2 Å². The van der Waals surface area contributed by atoms with E-state index < -0.39 is 41.1 Å². The summed E-state index contributed by atoms with van der Waals surface area (Å²) in [6.07, 6.45) is -9.88. The summed E-state index contributed by atoms with van der Waals surface area (Å²) in [6, 6.07) is 16.3. The van der Waals surface area contributed by atoms with Crippen LogP contribution in [0, 0.1) is 13.8 Å². The minimum Gasteiger partial charge on any atom is -0.478 e. The van der Waals surface area contributed by atoms with Crippen LogP contribution in [0.2, 0.25) is 0 Å². The van der Waals surface area contributed by atoms with Crippen molar-refractivity contribution in [2.45, 2.75) is 37.4 Å². The summed E-state index contributed by atoms with van der Waals surface area (Å²) < 4.78 is 86.3. The van der Waals surface area contributed by atoms with Crippen molar-refractivity contribution in [1.29, 1.82) is 0 Å². The third-order valence-electron chi connectivity index (χ3n) is 8.11. The molecular weight excluding hydrogens is 606 g/mol. The first kappa shape index (κ1) is 31.7. The maximum atomic E-state index is 13.7. The molecule has 0 amide bonds. The summed E-state index contributed by atoms with van der Waals surface area (Å²) in [6.45, 7) is 3.13. The van der Waals surface area contributed by atoms with Crippen LogP contribution in [0.5, 0.6) is 0 Å². The predicted octanol–water partition coefficient (Wildman–Crippen LogP) is 7.03. The van der Waals surface area contributed by atoms with Gasteiger partial charge in [-0.05, 0) is 71.5 Å². The number of carboxylic acid groups (broad SMARTS) is 1. The van der Waals surface area contributed by atoms with E-state index >= 15 is 0 Å². The van der Waals surface area contributed by atoms with Crippen LogP contribution in [-0.2, 0) is 15.9 Å². The molecule has 2 unspecified atom stereocenters. The number of carboxylic acids is 1. The Morgan fingerprint density at radius 1 is 0.644 bits per heavy atom. The van der Waals surface area contributed by atoms with E-state index in [0.29, 0.717) is 22.3 Å². The molecule has 0 bridgehead atoms. The fourth-order valence-electron chi connectivity index (χ4n) is 6.15. The first-order chi connectivity index (χ1) is 20.9. The van der Waals surface area contributed by atoms with Crippen LogP contribution in [-0.4, -0.2) is 46.7 Å². The van der Waals surface area contributed by atoms with Gasteiger partial charge in [-0.1, -0.05) is 48.5 Å². The number of methoxy groups -OCH3 is 1. The molecule has 4 aromatic rings. The molecule has 3 N–H and O–H groups in total. The maximum Gasteiger partial charge on any atom is 0.425 e. The Bertz CT molecular complexity index is 1880. The van der Waals surface area contributed by atoms with Gasteiger partial charge in [-0.2, -0.15) is 26.3 Å². The smallest absolute Gasteiger partial charge is 0.425 e. The summed E-state index contributed by atoms with van der Waals surface area (Å²) in [5.74, 6) is -2.09. The number of halogens is 6. The summed E-state index contributed by atoms with van der Waals surface area (Å²) in [7, 11) is 1.15. The standard InChI is InChI=1S/C17H13F3O3.C16H11F3O3/c1-9-7-10(15(21)23-2)8-13-14(9)11-5-3-4-6-12(11)16(13,22)17(18,19)20;1-8-6-9(14(20)21)7-12-13(8)10-4-2-3-5-11(10)15(12,22)16(17,18)19/h3-8,22H,1-2H3;2-7,22H,1H3,(H,20,21). The van der Waals surface area contributed by atoms with Gasteiger partial charge in [0.25, 0.3) is 0 Å². The fraction of sp³-hybridized carbons (Fsp3) is 0.212. The highest BCUT2D eigenvalue weighted by atomic mass is 19.4. The van der Waals surface area contributed by atoms with Crippen LogP contribution >= 0.6 is 0 Å². The van der Waals surface area contributed by atoms with Crippen molar-refractivity contribution in [2.75, 3.05) is 7.11 Å². The monoisotopic (exact) mass is 630 g/mol. The molecular formula is C33H24F6O6. The van der Waals surface area contributed by atoms with E-state index in [2.05, 4.69) is 4.74 Å². The molecule has 234 valence electrons. The Hall–Kier alpha value is -4.68. The lowest BCUT2D eigenvalue weighted by Gasteiger charge is -2.28. The van der Waals surface area contributed by atoms with Gasteiger partial charge >= 0.3 is 24.3 Å². The maximum absolute atomic E-state index is 13.7. The number of esters is 1. The molecule has 0 spiro atoms. The van der Waals surface area contributed by atoms with Gasteiger partial charge in [-0.3, -0.25) is 0 Å². The zero-order chi connectivity index (χ0) is 33.3. The highest BCUT2D eigenvalue weighted by Crippen LogP contribution is 2.57. The Balaban J connectivity index is 0.000000178. The number of aryl methyl sites for hydroxylation is 2. The summed E-state index contributed by atoms with van der Waals surface area (Å²) in [4.78, 5) is 22.8. The van der Waals surface area contributed by atoms with Crippen molar-refractivity contribution in [1.82, 2.24) is 0 Å². The summed E-state index contributed by atoms with van der Waals surface area (Å²) in [5, 5.41) is 30.1. The van der Waals surface area contributed by atoms with Gasteiger partial charge in [0, 0.05) is 22.3 Å². The molecule has 2 aliphatic rings. The van der Waals surface area contributed by atoms with Crippen LogP contribution in [0.4, 0.5) is 26.3 Å². The first-order valence-electron chi connectivity index (χ1n) is 13.3. The number of rotatable bonds is 2. The van der Waals surface area contributed by atoms with Crippen molar-refractivity contribution < 1.29 is 56.0 Å². The van der Waals surface area contributed by atoms with Gasteiger partial charge in [0.1, 0.15) is 0 Å². The van der Waals surface area contributed by atoms with Crippen molar-refractivity contribution in [3.63, 3.8) is 0 Å². The largest absolute Gasteiger partial charge is 0.478 e. The predicted molar refractivity (Wildman–Crippen MR) is 150 cm³/mol. The number of hydrogen-bond acceptors (Lipinski definition) is 5. The van der Waals surface area contributed by atoms with E-state index in [1.807, 2.05) is 0 Å². The van der Waals surface area contributed by atoms with Gasteiger partial charge in [0.05, 0.1) is 18.2 Å². The van der Waals surface area contributed by atoms with Crippen LogP contribution in [0.3, 0.4) is 0 Å². The molecule has 2 aliphatic carbocycles. The van der Waals surface area contributed by atoms with E-state index in [1.54, 1.807) is 19.1 Å². The Labute approximate surface area is 252 Å². The number of fused-ring (bicyclic) bond motifs is 6. The van der Waals surface area contributed by atoms with Gasteiger partial charge in [0.15, 0.2) is 0 Å². The van der Waals surface area contributed by atoms with E-state index in [1.165, 1.54) is 55.5 Å². The number of benzene rings is 4. The Morgan fingerprint density at radius 3 is 1.40 bits per heavy atom. The SMILES string of the molecule is COC(=O)c1cc(C)c2c(c1)C(O)(C(F)(F)F)c1ccccc1-2.Cc1cc(C(=O)O)cc2c1-c1ccccc1C2(O)C(F)(F)F. The third-order valence-corrected chi connectivity index (χ3v) is 8.11. The molecule has 0 aliphatic heterocycles. The van der Waals surface area contributed by atoms with E-state index in [-0.39, 0.29) is 38.9 Å². The Kier molecular flexibility index (Phi) is 7.37. The molecule has 45 heavy (non-hydrogen) atoms. The number of alkyl halides is 6. The quantitative estimate of drug-likeness (QED) is 0.162. The van der Waals surface area contributed by atoms with Gasteiger partial charge in [-0.25, -0.2) is 9.59 Å². The van der Waals surface area contributed by atoms with Crippen LogP contribution in [0.25, 0.3) is 22.3 Å². The molecule has 6 rings (SSSR count). The minimum atomic E-state index is -4.96. The van der Waals surface area contributed by atoms with Crippen LogP contribution < -0.4 is 0 Å². The number of ether oxygens (including phenoxy) is 1. The highest BCUT2D eigenvalue weighted by molar-refractivity contribution is 5.94. The van der Waals surface area contributed by atoms with Crippen molar-refractivity contribution in [3.8, 4) is 22.3 Å². The minimum absolute atomic E-state index is 0.0285. The molecule has 0 saturated carbocycles. The second-order valence-corrected chi connectivity index (χ2v) is 10.7. The number of aromatic carboxylic acids is 1. The normalized spacial score (nSPS) is 19.4. The average molecular weight is 631 g/mol. The third kappa shape index (κ3) is 4.58. The zero-order valence-electron chi connectivity index (χ0n) is 23.8. The number of hydrogen-bond donors (Lipinski definition) is 3. The second-order valence-electron chi connectivity index (χ2n) is 10.7. The van der Waals surface area contributed by atoms with Gasteiger partial charge in [-0.15, -0.1) is 0 Å². The van der Waals surface area contributed by atoms with Gasteiger partial charge in [0.2, 0.25) is 11.2 Å². The summed E-state index contributed by atoms with van der Waals surface area (Å²) >= 11 is 0. The average Bonchev–Trinajstić information content (AvgIpc) is 3.41. The number of carbonyl (C=O) groups excluding carboxylic acids is 1. The van der Waals surface area contributed by atoms with Crippen molar-refractivity contribution >= 4 is 11.9 Å². The lowest BCUT2D eigenvalue weighted by atomic mass is 9.89. The van der Waals surface area contributed by atoms with Crippen molar-refractivity contribution in [3.05, 3.63) is 117 Å². The lowest BCUT2D eigenvalue weighted by Crippen LogP contribution is -2.41. The summed E-state index contributed by atoms with van der Waals surface area (Å²) in [5.41, 5.74) is -5.97. The first-order valence-corrected chi connectivity index (χ1v) is 13.3. The molecule has 6 nitrogen and oxygen atoms in total. The molecule has 12 heteroatoms. The van der Waals surface area contributed by atoms with Crippen molar-refractivity contribution in [2.24, 2.45) is 0 Å². The highest BCUT2D eigenvalue weighted by Gasteiger charge is 2.62. The topological polar surface area (TPSA) is 104 Å². The van der Waals surface area contributed by atoms with Gasteiger partial charge < -0.3 is 20.1 Å². The lowest BCUT2D eigenvalue weighted by molar-refractivity contribution is -0.247. The molecule has 0 saturated heterocycles.